The van der Waals surface area contributed by atoms with E-state index in [9.17, 15) is 14.0 Å². The second-order valence-corrected chi connectivity index (χ2v) is 9.11. The molecule has 38 heavy (non-hydrogen) atoms. The minimum absolute atomic E-state index is 0.0650. The molecular weight excluding hydrogens is 481 g/mol. The quantitative estimate of drug-likeness (QED) is 0.308. The average Bonchev–Trinajstić information content (AvgIpc) is 3.36. The molecule has 0 aliphatic carbocycles. The Hall–Kier alpha value is -4.85. The van der Waals surface area contributed by atoms with Gasteiger partial charge in [-0.2, -0.15) is 5.10 Å². The van der Waals surface area contributed by atoms with Crippen LogP contribution >= 0.6 is 0 Å². The summed E-state index contributed by atoms with van der Waals surface area (Å²) in [6.07, 6.45) is 8.73. The molecule has 0 aliphatic rings. The van der Waals surface area contributed by atoms with E-state index in [4.69, 9.17) is 5.73 Å². The molecule has 0 amide bonds. The lowest BCUT2D eigenvalue weighted by molar-refractivity contribution is 0.0991. The first kappa shape index (κ1) is 24.8. The Bertz CT molecular complexity index is 1690. The van der Waals surface area contributed by atoms with Crippen molar-refractivity contribution in [2.45, 2.75) is 19.9 Å². The number of nitrogens with zero attached hydrogens (tertiary/aromatic N) is 4. The number of anilines is 1. The highest BCUT2D eigenvalue weighted by Gasteiger charge is 2.17. The molecule has 2 aromatic carbocycles. The highest BCUT2D eigenvalue weighted by Crippen LogP contribution is 2.30. The van der Waals surface area contributed by atoms with Gasteiger partial charge in [0.05, 0.1) is 11.8 Å². The molecule has 0 bridgehead atoms. The van der Waals surface area contributed by atoms with E-state index in [2.05, 4.69) is 10.1 Å². The van der Waals surface area contributed by atoms with Crippen LogP contribution in [0, 0.1) is 5.82 Å². The van der Waals surface area contributed by atoms with Crippen LogP contribution in [0.5, 0.6) is 0 Å². The molecular formula is C30H26FN5O2. The maximum absolute atomic E-state index is 13.4. The Morgan fingerprint density at radius 1 is 0.895 bits per heavy atom. The Labute approximate surface area is 219 Å². The van der Waals surface area contributed by atoms with Crippen LogP contribution in [0.25, 0.3) is 33.4 Å². The molecule has 2 N–H and O–H groups in total. The van der Waals surface area contributed by atoms with Crippen molar-refractivity contribution in [1.29, 1.82) is 0 Å². The number of benzene rings is 2. The number of nitrogen functional groups attached to an aromatic ring is 1. The van der Waals surface area contributed by atoms with Crippen molar-refractivity contribution in [1.82, 2.24) is 19.3 Å². The Morgan fingerprint density at radius 2 is 1.58 bits per heavy atom. The van der Waals surface area contributed by atoms with Gasteiger partial charge in [0.2, 0.25) is 0 Å². The van der Waals surface area contributed by atoms with Gasteiger partial charge in [0, 0.05) is 67.1 Å². The maximum atomic E-state index is 13.4. The lowest BCUT2D eigenvalue weighted by Gasteiger charge is -2.11. The number of aryl methyl sites for hydroxylation is 2. The Morgan fingerprint density at radius 3 is 2.24 bits per heavy atom. The zero-order chi connectivity index (χ0) is 26.8. The van der Waals surface area contributed by atoms with Crippen molar-refractivity contribution in [3.8, 4) is 33.4 Å². The van der Waals surface area contributed by atoms with Crippen LogP contribution in [0.1, 0.15) is 22.8 Å². The summed E-state index contributed by atoms with van der Waals surface area (Å²) in [4.78, 5) is 30.8. The van der Waals surface area contributed by atoms with Gasteiger partial charge >= 0.3 is 0 Å². The zero-order valence-electron chi connectivity index (χ0n) is 21.1. The average molecular weight is 508 g/mol. The summed E-state index contributed by atoms with van der Waals surface area (Å²) in [6.45, 7) is 2.51. The zero-order valence-corrected chi connectivity index (χ0v) is 21.1. The number of carbonyl (C=O) groups is 1. The van der Waals surface area contributed by atoms with E-state index in [0.29, 0.717) is 23.5 Å². The minimum atomic E-state index is -0.387. The normalized spacial score (nSPS) is 11.0. The van der Waals surface area contributed by atoms with Crippen LogP contribution < -0.4 is 11.2 Å². The molecule has 0 saturated carbocycles. The molecule has 190 valence electrons. The Kier molecular flexibility index (Phi) is 6.70. The first-order chi connectivity index (χ1) is 18.3. The number of Topliss-reactive ketones (excluding diaryl/α,β-unsaturated/α-hetero) is 1. The third-order valence-corrected chi connectivity index (χ3v) is 6.49. The summed E-state index contributed by atoms with van der Waals surface area (Å²) < 4.78 is 16.9. The molecule has 0 fully saturated rings. The molecule has 3 heterocycles. The van der Waals surface area contributed by atoms with Crippen LogP contribution in [0.15, 0.2) is 90.4 Å². The number of nitrogens with two attached hydrogens (primary N) is 1. The number of hydrogen-bond acceptors (Lipinski definition) is 5. The summed E-state index contributed by atoms with van der Waals surface area (Å²) >= 11 is 0. The van der Waals surface area contributed by atoms with Crippen LogP contribution in [0.2, 0.25) is 0 Å². The van der Waals surface area contributed by atoms with Gasteiger partial charge in [-0.3, -0.25) is 14.3 Å². The van der Waals surface area contributed by atoms with E-state index in [-0.39, 0.29) is 29.0 Å². The summed E-state index contributed by atoms with van der Waals surface area (Å²) in [5.74, 6) is -0.269. The maximum Gasteiger partial charge on any atom is 0.200 e. The second-order valence-electron chi connectivity index (χ2n) is 9.11. The second kappa shape index (κ2) is 10.3. The standard InChI is InChI=1S/C30H26FN5O2/c1-3-36-17-26(21-8-10-24(31)11-9-21)29(38)27(18-36)28(37)12-19-4-6-20(7-5-19)25-13-22(14-33-30(25)32)23-15-34-35(2)16-23/h4-11,13-18H,3,12H2,1-2H3,(H2,32,33). The van der Waals surface area contributed by atoms with E-state index in [0.717, 1.165) is 27.8 Å². The van der Waals surface area contributed by atoms with Gasteiger partial charge in [-0.1, -0.05) is 36.4 Å². The summed E-state index contributed by atoms with van der Waals surface area (Å²) in [7, 11) is 1.85. The molecule has 0 unspecified atom stereocenters. The smallest absolute Gasteiger partial charge is 0.200 e. The monoisotopic (exact) mass is 507 g/mol. The van der Waals surface area contributed by atoms with Crippen molar-refractivity contribution < 1.29 is 9.18 Å². The first-order valence-electron chi connectivity index (χ1n) is 12.2. The van der Waals surface area contributed by atoms with Gasteiger partial charge in [0.25, 0.3) is 0 Å². The lowest BCUT2D eigenvalue weighted by Crippen LogP contribution is -2.21. The molecule has 0 aliphatic heterocycles. The SMILES string of the molecule is CCn1cc(C(=O)Cc2ccc(-c3cc(-c4cnn(C)c4)cnc3N)cc2)c(=O)c(-c2ccc(F)cc2)c1. The van der Waals surface area contributed by atoms with Crippen molar-refractivity contribution >= 4 is 11.6 Å². The fraction of sp³-hybridized carbons (Fsp3) is 0.133. The third kappa shape index (κ3) is 5.01. The van der Waals surface area contributed by atoms with Gasteiger partial charge in [-0.05, 0) is 41.8 Å². The van der Waals surface area contributed by atoms with Gasteiger partial charge < -0.3 is 10.3 Å². The molecule has 0 radical (unpaired) electrons. The summed E-state index contributed by atoms with van der Waals surface area (Å²) in [6, 6.07) is 15.1. The van der Waals surface area contributed by atoms with Gasteiger partial charge in [0.15, 0.2) is 11.2 Å². The summed E-state index contributed by atoms with van der Waals surface area (Å²) in [5.41, 5.74) is 11.1. The number of aromatic nitrogens is 4. The largest absolute Gasteiger partial charge is 0.383 e. The highest BCUT2D eigenvalue weighted by molar-refractivity contribution is 5.98. The topological polar surface area (TPSA) is 95.8 Å². The highest BCUT2D eigenvalue weighted by atomic mass is 19.1. The van der Waals surface area contributed by atoms with E-state index >= 15 is 0 Å². The molecule has 5 rings (SSSR count). The number of rotatable bonds is 7. The van der Waals surface area contributed by atoms with Gasteiger partial charge in [0.1, 0.15) is 11.6 Å². The van der Waals surface area contributed by atoms with Gasteiger partial charge in [-0.15, -0.1) is 0 Å². The van der Waals surface area contributed by atoms with Crippen molar-refractivity contribution in [3.63, 3.8) is 0 Å². The van der Waals surface area contributed by atoms with E-state index in [1.807, 2.05) is 50.5 Å². The predicted molar refractivity (Wildman–Crippen MR) is 146 cm³/mol. The van der Waals surface area contributed by atoms with E-state index < -0.39 is 0 Å². The number of pyridine rings is 2. The molecule has 0 saturated heterocycles. The van der Waals surface area contributed by atoms with E-state index in [1.54, 1.807) is 46.2 Å². The Balaban J connectivity index is 1.41. The molecule has 0 spiro atoms. The van der Waals surface area contributed by atoms with Crippen LogP contribution in [-0.4, -0.2) is 25.1 Å². The fourth-order valence-electron chi connectivity index (χ4n) is 4.37. The minimum Gasteiger partial charge on any atom is -0.383 e. The number of hydrogen-bond donors (Lipinski definition) is 1. The lowest BCUT2D eigenvalue weighted by atomic mass is 9.97. The number of halogens is 1. The molecule has 0 atom stereocenters. The van der Waals surface area contributed by atoms with E-state index in [1.165, 1.54) is 12.1 Å². The molecule has 8 heteroatoms. The van der Waals surface area contributed by atoms with Crippen molar-refractivity contribution in [2.75, 3.05) is 5.73 Å². The van der Waals surface area contributed by atoms with Gasteiger partial charge in [-0.25, -0.2) is 9.37 Å². The van der Waals surface area contributed by atoms with Crippen molar-refractivity contribution in [3.05, 3.63) is 113 Å². The summed E-state index contributed by atoms with van der Waals surface area (Å²) in [5, 5.41) is 4.21. The van der Waals surface area contributed by atoms with Crippen LogP contribution in [0.4, 0.5) is 10.2 Å². The number of ketones is 1. The number of carbonyl (C=O) groups excluding carboxylic acids is 1. The molecule has 3 aromatic heterocycles. The first-order valence-corrected chi connectivity index (χ1v) is 12.2. The van der Waals surface area contributed by atoms with Crippen LogP contribution in [0.3, 0.4) is 0 Å². The van der Waals surface area contributed by atoms with Crippen LogP contribution in [-0.2, 0) is 20.0 Å². The molecule has 7 nitrogen and oxygen atoms in total. The third-order valence-electron chi connectivity index (χ3n) is 6.49. The fourth-order valence-corrected chi connectivity index (χ4v) is 4.37. The van der Waals surface area contributed by atoms with Crippen molar-refractivity contribution in [2.24, 2.45) is 7.05 Å². The molecule has 5 aromatic rings. The predicted octanol–water partition coefficient (Wildman–Crippen LogP) is 5.14.